The zero-order valence-corrected chi connectivity index (χ0v) is 38.9. The number of benzene rings is 2. The van der Waals surface area contributed by atoms with Gasteiger partial charge in [0.25, 0.3) is 0 Å². The Kier molecular flexibility index (Phi) is 21.8. The number of oxime groups is 1. The number of ether oxygens (including phenoxy) is 3. The zero-order chi connectivity index (χ0) is 42.4. The molecule has 1 aliphatic heterocycles. The quantitative estimate of drug-likeness (QED) is 0.0335. The number of aliphatic hydroxyl groups is 2. The number of thioether (sulfide) groups is 2. The average molecular weight is 864 g/mol. The van der Waals surface area contributed by atoms with Crippen molar-refractivity contribution in [2.45, 2.75) is 164 Å². The molecule has 7 nitrogen and oxygen atoms in total. The van der Waals surface area contributed by atoms with E-state index in [-0.39, 0.29) is 42.1 Å². The third kappa shape index (κ3) is 13.5. The van der Waals surface area contributed by atoms with Gasteiger partial charge in [0.15, 0.2) is 0 Å². The summed E-state index contributed by atoms with van der Waals surface area (Å²) in [6.45, 7) is 7.12. The van der Waals surface area contributed by atoms with E-state index in [9.17, 15) is 10.2 Å². The SMILES string of the molecule is C=CCO[C@@]12Oc3ccc(Oc4ccc(SC)cc4)cc3[C@H]3[C@H](CCCCO)[C@@H](CCCCO)C=C(C(=NOC)C[C@@H]1SCCCCCCCCCCCCCCCC)[C@H]32. The summed E-state index contributed by atoms with van der Waals surface area (Å²) in [6.07, 6.45) is 31.3. The van der Waals surface area contributed by atoms with Gasteiger partial charge in [-0.1, -0.05) is 121 Å². The van der Waals surface area contributed by atoms with Gasteiger partial charge in [-0.15, -0.1) is 18.3 Å². The highest BCUT2D eigenvalue weighted by molar-refractivity contribution is 8.00. The Hall–Kier alpha value is -2.43. The molecule has 0 spiro atoms. The van der Waals surface area contributed by atoms with Gasteiger partial charge in [0.1, 0.15) is 24.4 Å². The van der Waals surface area contributed by atoms with Gasteiger partial charge < -0.3 is 29.3 Å². The lowest BCUT2D eigenvalue weighted by Gasteiger charge is -2.58. The Bertz CT molecular complexity index is 1600. The second-order valence-corrected chi connectivity index (χ2v) is 19.4. The predicted octanol–water partition coefficient (Wildman–Crippen LogP) is 13.7. The molecule has 9 heteroatoms. The number of nitrogens with zero attached hydrogens (tertiary/aromatic N) is 1. The number of aliphatic hydroxyl groups excluding tert-OH is 2. The highest BCUT2D eigenvalue weighted by Crippen LogP contribution is 2.62. The Morgan fingerprint density at radius 1 is 0.817 bits per heavy atom. The maximum absolute atomic E-state index is 9.92. The van der Waals surface area contributed by atoms with E-state index in [1.807, 2.05) is 36.0 Å². The van der Waals surface area contributed by atoms with Crippen molar-refractivity contribution in [2.75, 3.05) is 38.9 Å². The summed E-state index contributed by atoms with van der Waals surface area (Å²) in [4.78, 5) is 6.81. The molecular weight excluding hydrogens is 787 g/mol. The van der Waals surface area contributed by atoms with E-state index in [4.69, 9.17) is 24.2 Å². The van der Waals surface area contributed by atoms with Gasteiger partial charge in [-0.3, -0.25) is 0 Å². The van der Waals surface area contributed by atoms with Gasteiger partial charge >= 0.3 is 0 Å². The summed E-state index contributed by atoms with van der Waals surface area (Å²) in [5.74, 6) is 2.94. The molecule has 1 heterocycles. The minimum absolute atomic E-state index is 0.0129. The first-order chi connectivity index (χ1) is 29.5. The second-order valence-electron chi connectivity index (χ2n) is 17.2. The fourth-order valence-corrected chi connectivity index (χ4v) is 11.8. The molecule has 0 bridgehead atoms. The number of rotatable bonds is 31. The van der Waals surface area contributed by atoms with E-state index < -0.39 is 5.79 Å². The van der Waals surface area contributed by atoms with Gasteiger partial charge in [-0.05, 0) is 104 Å². The minimum atomic E-state index is -0.938. The molecule has 1 saturated carbocycles. The van der Waals surface area contributed by atoms with Crippen molar-refractivity contribution in [1.82, 2.24) is 0 Å². The van der Waals surface area contributed by atoms with Gasteiger partial charge in [-0.25, -0.2) is 0 Å². The van der Waals surface area contributed by atoms with E-state index in [0.29, 0.717) is 13.0 Å². The van der Waals surface area contributed by atoms with Gasteiger partial charge in [0.05, 0.1) is 23.5 Å². The maximum atomic E-state index is 9.92. The summed E-state index contributed by atoms with van der Waals surface area (Å²) < 4.78 is 21.0. The van der Waals surface area contributed by atoms with Crippen LogP contribution < -0.4 is 9.47 Å². The van der Waals surface area contributed by atoms with Crippen LogP contribution >= 0.6 is 23.5 Å². The first kappa shape index (κ1) is 48.6. The number of allylic oxidation sites excluding steroid dienone is 1. The standard InChI is InChI=1S/C51H77NO6S2/c1-5-7-8-9-10-11-12-13-14-15-16-17-18-23-35-60-48-38-46(52-55-3)44-36-39(24-19-21-32-53)43(25-20-22-33-54)49-45-37-41(57-40-26-29-42(59-4)30-27-40)28-31-47(45)58-51(48,50(44)49)56-34-6-2/h6,26-31,36-37,39,43,48-50,53-54H,2,5,7-25,32-35,38H2,1,3-4H3/t39-,43+,48-,49+,50+,51+/m0/s1. The van der Waals surface area contributed by atoms with Crippen LogP contribution in [0, 0.1) is 17.8 Å². The summed E-state index contributed by atoms with van der Waals surface area (Å²) in [5, 5.41) is 24.5. The molecule has 0 radical (unpaired) electrons. The molecule has 0 aromatic heterocycles. The molecule has 2 aromatic rings. The van der Waals surface area contributed by atoms with Crippen molar-refractivity contribution < 1.29 is 29.3 Å². The molecule has 1 fully saturated rings. The molecule has 2 aliphatic carbocycles. The van der Waals surface area contributed by atoms with Crippen LogP contribution in [0.4, 0.5) is 0 Å². The normalized spacial score (nSPS) is 23.7. The van der Waals surface area contributed by atoms with Gasteiger partial charge in [0.2, 0.25) is 5.79 Å². The van der Waals surface area contributed by atoms with Crippen molar-refractivity contribution >= 4 is 29.2 Å². The van der Waals surface area contributed by atoms with Crippen LogP contribution in [-0.4, -0.2) is 65.9 Å². The predicted molar refractivity (Wildman–Crippen MR) is 253 cm³/mol. The van der Waals surface area contributed by atoms with E-state index >= 15 is 0 Å². The third-order valence-corrected chi connectivity index (χ3v) is 15.1. The molecule has 2 N–H and O–H groups in total. The van der Waals surface area contributed by atoms with Crippen molar-refractivity contribution in [1.29, 1.82) is 0 Å². The molecule has 6 atom stereocenters. The number of hydrogen-bond donors (Lipinski definition) is 2. The van der Waals surface area contributed by atoms with E-state index in [2.05, 4.69) is 50.1 Å². The Labute approximate surface area is 371 Å². The lowest BCUT2D eigenvalue weighted by molar-refractivity contribution is -0.223. The first-order valence-corrected chi connectivity index (χ1v) is 25.9. The lowest BCUT2D eigenvalue weighted by Crippen LogP contribution is -2.64. The summed E-state index contributed by atoms with van der Waals surface area (Å²) >= 11 is 3.69. The molecule has 0 saturated heterocycles. The van der Waals surface area contributed by atoms with E-state index in [1.54, 1.807) is 18.9 Å². The van der Waals surface area contributed by atoms with Crippen LogP contribution in [0.2, 0.25) is 0 Å². The van der Waals surface area contributed by atoms with Crippen molar-refractivity contribution in [3.63, 3.8) is 0 Å². The topological polar surface area (TPSA) is 89.7 Å². The van der Waals surface area contributed by atoms with E-state index in [1.165, 1.54) is 88.4 Å². The molecule has 60 heavy (non-hydrogen) atoms. The van der Waals surface area contributed by atoms with Crippen LogP contribution in [0.5, 0.6) is 17.2 Å². The lowest BCUT2D eigenvalue weighted by atomic mass is 9.56. The smallest absolute Gasteiger partial charge is 0.230 e. The third-order valence-electron chi connectivity index (χ3n) is 12.9. The van der Waals surface area contributed by atoms with Crippen LogP contribution in [-0.2, 0) is 9.57 Å². The summed E-state index contributed by atoms with van der Waals surface area (Å²) in [5.41, 5.74) is 3.28. The van der Waals surface area contributed by atoms with Crippen LogP contribution in [0.15, 0.2) is 76.8 Å². The number of fused-ring (bicyclic) bond motifs is 2. The minimum Gasteiger partial charge on any atom is -0.460 e. The summed E-state index contributed by atoms with van der Waals surface area (Å²) in [7, 11) is 1.65. The molecule has 334 valence electrons. The van der Waals surface area contributed by atoms with Crippen molar-refractivity contribution in [2.24, 2.45) is 22.9 Å². The molecule has 0 unspecified atom stereocenters. The van der Waals surface area contributed by atoms with E-state index in [0.717, 1.165) is 84.8 Å². The van der Waals surface area contributed by atoms with Gasteiger partial charge in [-0.2, -0.15) is 11.8 Å². The van der Waals surface area contributed by atoms with Crippen LogP contribution in [0.1, 0.15) is 153 Å². The molecule has 2 aromatic carbocycles. The van der Waals surface area contributed by atoms with Crippen molar-refractivity contribution in [3.05, 3.63) is 72.3 Å². The largest absolute Gasteiger partial charge is 0.460 e. The molecule has 0 amide bonds. The second kappa shape index (κ2) is 26.9. The fourth-order valence-electron chi connectivity index (χ4n) is 9.95. The monoisotopic (exact) mass is 864 g/mol. The summed E-state index contributed by atoms with van der Waals surface area (Å²) in [6, 6.07) is 14.6. The van der Waals surface area contributed by atoms with Crippen LogP contribution in [0.3, 0.4) is 0 Å². The van der Waals surface area contributed by atoms with Gasteiger partial charge in [0, 0.05) is 36.0 Å². The highest BCUT2D eigenvalue weighted by Gasteiger charge is 2.63. The van der Waals surface area contributed by atoms with Crippen LogP contribution in [0.25, 0.3) is 0 Å². The van der Waals surface area contributed by atoms with Crippen molar-refractivity contribution in [3.8, 4) is 17.2 Å². The highest BCUT2D eigenvalue weighted by atomic mass is 32.2. The molecule has 3 aliphatic rings. The number of unbranched alkanes of at least 4 members (excludes halogenated alkanes) is 15. The Morgan fingerprint density at radius 2 is 1.45 bits per heavy atom. The average Bonchev–Trinajstić information content (AvgIpc) is 3.26. The molecular formula is C51H77NO6S2. The Morgan fingerprint density at radius 3 is 2.07 bits per heavy atom. The Balaban J connectivity index is 1.39. The molecule has 5 rings (SSSR count). The zero-order valence-electron chi connectivity index (χ0n) is 37.3. The maximum Gasteiger partial charge on any atom is 0.230 e. The first-order valence-electron chi connectivity index (χ1n) is 23.6. The number of hydrogen-bond acceptors (Lipinski definition) is 9. The fraction of sp³-hybridized carbons (Fsp3) is 0.667.